The van der Waals surface area contributed by atoms with Crippen LogP contribution in [0.15, 0.2) is 34.8 Å². The highest BCUT2D eigenvalue weighted by atomic mass is 79.9. The van der Waals surface area contributed by atoms with Gasteiger partial charge in [-0.2, -0.15) is 0 Å². The zero-order chi connectivity index (χ0) is 17.9. The zero-order valence-corrected chi connectivity index (χ0v) is 15.6. The highest BCUT2D eigenvalue weighted by Crippen LogP contribution is 2.32. The topological polar surface area (TPSA) is 55.4 Å². The average Bonchev–Trinajstić information content (AvgIpc) is 2.52. The van der Waals surface area contributed by atoms with Crippen LogP contribution in [-0.2, 0) is 9.53 Å². The van der Waals surface area contributed by atoms with E-state index < -0.39 is 24.3 Å². The average molecular weight is 455 g/mol. The van der Waals surface area contributed by atoms with Gasteiger partial charge in [0.2, 0.25) is 0 Å². The highest BCUT2D eigenvalue weighted by Gasteiger charge is 2.15. The summed E-state index contributed by atoms with van der Waals surface area (Å²) in [5.74, 6) is -2.09. The lowest BCUT2D eigenvalue weighted by Gasteiger charge is -2.10. The molecule has 0 aromatic heterocycles. The maximum atomic E-state index is 13.2. The summed E-state index contributed by atoms with van der Waals surface area (Å²) >= 11 is 20.7. The van der Waals surface area contributed by atoms with Gasteiger partial charge in [0.25, 0.3) is 5.91 Å². The fourth-order valence-corrected chi connectivity index (χ4v) is 2.67. The molecule has 126 valence electrons. The van der Waals surface area contributed by atoms with E-state index in [-0.39, 0.29) is 26.3 Å². The predicted octanol–water partition coefficient (Wildman–Crippen LogP) is 5.34. The Hall–Kier alpha value is -1.34. The lowest BCUT2D eigenvalue weighted by molar-refractivity contribution is -0.119. The van der Waals surface area contributed by atoms with E-state index in [0.717, 1.165) is 6.07 Å². The SMILES string of the molecule is O=C(COC(=O)c1cc(F)ccc1Br)Nc1cc(Cl)c(Cl)cc1Cl. The first-order valence-electron chi connectivity index (χ1n) is 6.34. The number of benzene rings is 2. The molecule has 9 heteroatoms. The van der Waals surface area contributed by atoms with E-state index >= 15 is 0 Å². The monoisotopic (exact) mass is 453 g/mol. The van der Waals surface area contributed by atoms with Crippen LogP contribution < -0.4 is 5.32 Å². The van der Waals surface area contributed by atoms with Crippen molar-refractivity contribution in [3.8, 4) is 0 Å². The number of ether oxygens (including phenoxy) is 1. The molecule has 0 radical (unpaired) electrons. The van der Waals surface area contributed by atoms with Crippen LogP contribution in [0.4, 0.5) is 10.1 Å². The van der Waals surface area contributed by atoms with Crippen molar-refractivity contribution in [2.45, 2.75) is 0 Å². The van der Waals surface area contributed by atoms with Crippen molar-refractivity contribution in [2.75, 3.05) is 11.9 Å². The lowest BCUT2D eigenvalue weighted by Crippen LogP contribution is -2.21. The second-order valence-electron chi connectivity index (χ2n) is 4.49. The molecule has 0 fully saturated rings. The molecule has 2 aromatic carbocycles. The first-order valence-corrected chi connectivity index (χ1v) is 8.27. The van der Waals surface area contributed by atoms with Crippen LogP contribution in [0, 0.1) is 5.82 Å². The summed E-state index contributed by atoms with van der Waals surface area (Å²) in [7, 11) is 0. The largest absolute Gasteiger partial charge is 0.452 e. The summed E-state index contributed by atoms with van der Waals surface area (Å²) in [6.45, 7) is -0.585. The zero-order valence-electron chi connectivity index (χ0n) is 11.7. The number of rotatable bonds is 4. The van der Waals surface area contributed by atoms with E-state index in [1.807, 2.05) is 0 Å². The Morgan fingerprint density at radius 2 is 1.75 bits per heavy atom. The van der Waals surface area contributed by atoms with Crippen LogP contribution in [0.1, 0.15) is 10.4 Å². The maximum Gasteiger partial charge on any atom is 0.339 e. The Kier molecular flexibility index (Phi) is 6.46. The quantitative estimate of drug-likeness (QED) is 0.500. The molecule has 0 heterocycles. The minimum absolute atomic E-state index is 0.0321. The van der Waals surface area contributed by atoms with Gasteiger partial charge in [0.05, 0.1) is 26.3 Å². The van der Waals surface area contributed by atoms with E-state index in [1.165, 1.54) is 24.3 Å². The molecular weight excluding hydrogens is 447 g/mol. The third-order valence-corrected chi connectivity index (χ3v) is 4.49. The Morgan fingerprint density at radius 3 is 2.46 bits per heavy atom. The maximum absolute atomic E-state index is 13.2. The molecule has 4 nitrogen and oxygen atoms in total. The first kappa shape index (κ1) is 19.0. The molecule has 0 atom stereocenters. The third-order valence-electron chi connectivity index (χ3n) is 2.77. The summed E-state index contributed by atoms with van der Waals surface area (Å²) < 4.78 is 18.4. The summed E-state index contributed by atoms with van der Waals surface area (Å²) in [5.41, 5.74) is 0.189. The number of halogens is 5. The number of anilines is 1. The van der Waals surface area contributed by atoms with Gasteiger partial charge in [-0.05, 0) is 46.3 Å². The Morgan fingerprint density at radius 1 is 1.08 bits per heavy atom. The summed E-state index contributed by atoms with van der Waals surface area (Å²) in [4.78, 5) is 23.7. The second-order valence-corrected chi connectivity index (χ2v) is 6.57. The fourth-order valence-electron chi connectivity index (χ4n) is 1.67. The van der Waals surface area contributed by atoms with Crippen molar-refractivity contribution in [1.82, 2.24) is 0 Å². The van der Waals surface area contributed by atoms with Gasteiger partial charge in [-0.25, -0.2) is 9.18 Å². The number of hydrogen-bond donors (Lipinski definition) is 1. The standard InChI is InChI=1S/C15H8BrCl3FNO3/c16-9-2-1-7(20)3-8(9)15(23)24-6-14(22)21-13-5-11(18)10(17)4-12(13)19/h1-5H,6H2,(H,21,22). The van der Waals surface area contributed by atoms with E-state index in [2.05, 4.69) is 21.2 Å². The number of amides is 1. The molecule has 1 amide bonds. The Balaban J connectivity index is 2.00. The number of carbonyl (C=O) groups is 2. The lowest BCUT2D eigenvalue weighted by atomic mass is 10.2. The van der Waals surface area contributed by atoms with Gasteiger partial charge in [0.15, 0.2) is 6.61 Å². The number of carbonyl (C=O) groups excluding carboxylic acids is 2. The molecule has 0 aliphatic carbocycles. The highest BCUT2D eigenvalue weighted by molar-refractivity contribution is 9.10. The van der Waals surface area contributed by atoms with Crippen molar-refractivity contribution in [3.05, 3.63) is 61.3 Å². The van der Waals surface area contributed by atoms with Crippen LogP contribution in [0.5, 0.6) is 0 Å². The molecule has 0 aliphatic heterocycles. The molecule has 0 saturated heterocycles. The molecule has 2 aromatic rings. The summed E-state index contributed by atoms with van der Waals surface area (Å²) in [5, 5.41) is 3.06. The number of nitrogens with one attached hydrogen (secondary N) is 1. The summed E-state index contributed by atoms with van der Waals surface area (Å²) in [6.07, 6.45) is 0. The molecular formula is C15H8BrCl3FNO3. The minimum Gasteiger partial charge on any atom is -0.452 e. The van der Waals surface area contributed by atoms with E-state index in [1.54, 1.807) is 0 Å². The van der Waals surface area contributed by atoms with Gasteiger partial charge in [-0.1, -0.05) is 34.8 Å². The molecule has 0 saturated carbocycles. The third kappa shape index (κ3) is 4.83. The van der Waals surface area contributed by atoms with Crippen molar-refractivity contribution in [2.24, 2.45) is 0 Å². The van der Waals surface area contributed by atoms with Gasteiger partial charge in [-0.3, -0.25) is 4.79 Å². The second kappa shape index (κ2) is 8.16. The van der Waals surface area contributed by atoms with Gasteiger partial charge < -0.3 is 10.1 Å². The van der Waals surface area contributed by atoms with Gasteiger partial charge in [-0.15, -0.1) is 0 Å². The first-order chi connectivity index (χ1) is 11.3. The molecule has 2 rings (SSSR count). The molecule has 0 spiro atoms. The fraction of sp³-hybridized carbons (Fsp3) is 0.0667. The molecule has 0 unspecified atom stereocenters. The van der Waals surface area contributed by atoms with Crippen molar-refractivity contribution < 1.29 is 18.7 Å². The molecule has 0 aliphatic rings. The number of esters is 1. The molecule has 24 heavy (non-hydrogen) atoms. The van der Waals surface area contributed by atoms with Gasteiger partial charge >= 0.3 is 5.97 Å². The van der Waals surface area contributed by atoms with Crippen molar-refractivity contribution in [1.29, 1.82) is 0 Å². The van der Waals surface area contributed by atoms with Crippen LogP contribution in [0.3, 0.4) is 0 Å². The number of hydrogen-bond acceptors (Lipinski definition) is 3. The van der Waals surface area contributed by atoms with Crippen LogP contribution in [-0.4, -0.2) is 18.5 Å². The Labute approximate surface area is 160 Å². The molecule has 0 bridgehead atoms. The van der Waals surface area contributed by atoms with Crippen LogP contribution in [0.25, 0.3) is 0 Å². The van der Waals surface area contributed by atoms with Crippen molar-refractivity contribution in [3.63, 3.8) is 0 Å². The summed E-state index contributed by atoms with van der Waals surface area (Å²) in [6, 6.07) is 6.29. The smallest absolute Gasteiger partial charge is 0.339 e. The van der Waals surface area contributed by atoms with E-state index in [9.17, 15) is 14.0 Å². The van der Waals surface area contributed by atoms with Crippen LogP contribution >= 0.6 is 50.7 Å². The van der Waals surface area contributed by atoms with Crippen molar-refractivity contribution >= 4 is 68.3 Å². The predicted molar refractivity (Wildman–Crippen MR) is 94.5 cm³/mol. The van der Waals surface area contributed by atoms with Gasteiger partial charge in [0, 0.05) is 4.47 Å². The van der Waals surface area contributed by atoms with Crippen LogP contribution in [0.2, 0.25) is 15.1 Å². The Bertz CT molecular complexity index is 817. The van der Waals surface area contributed by atoms with E-state index in [0.29, 0.717) is 4.47 Å². The van der Waals surface area contributed by atoms with Gasteiger partial charge in [0.1, 0.15) is 5.82 Å². The molecule has 1 N–H and O–H groups in total. The normalized spacial score (nSPS) is 10.4. The van der Waals surface area contributed by atoms with E-state index in [4.69, 9.17) is 39.5 Å². The minimum atomic E-state index is -0.850.